The molecule has 0 N–H and O–H groups in total. The zero-order valence-corrected chi connectivity index (χ0v) is 9.16. The van der Waals surface area contributed by atoms with Crippen LogP contribution >= 0.6 is 0 Å². The third-order valence-electron chi connectivity index (χ3n) is 2.97. The second-order valence-electron chi connectivity index (χ2n) is 3.91. The van der Waals surface area contributed by atoms with Crippen molar-refractivity contribution in [3.8, 4) is 5.75 Å². The highest BCUT2D eigenvalue weighted by molar-refractivity contribution is 6.12. The van der Waals surface area contributed by atoms with Crippen molar-refractivity contribution in [1.29, 1.82) is 0 Å². The maximum absolute atomic E-state index is 13.1. The predicted molar refractivity (Wildman–Crippen MR) is 60.5 cm³/mol. The number of rotatable bonds is 3. The lowest BCUT2D eigenvalue weighted by Gasteiger charge is -2.17. The van der Waals surface area contributed by atoms with Gasteiger partial charge in [-0.25, -0.2) is 4.39 Å². The first-order valence-corrected chi connectivity index (χ1v) is 5.24. The van der Waals surface area contributed by atoms with Crippen molar-refractivity contribution in [2.75, 3.05) is 7.11 Å². The lowest BCUT2D eigenvalue weighted by Crippen LogP contribution is -2.12. The van der Waals surface area contributed by atoms with Gasteiger partial charge in [-0.3, -0.25) is 4.79 Å². The van der Waals surface area contributed by atoms with Gasteiger partial charge in [-0.2, -0.15) is 0 Å². The molecule has 0 aromatic heterocycles. The van der Waals surface area contributed by atoms with Gasteiger partial charge in [0.2, 0.25) is 0 Å². The van der Waals surface area contributed by atoms with Gasteiger partial charge in [-0.1, -0.05) is 18.2 Å². The minimum atomic E-state index is -0.409. The third-order valence-corrected chi connectivity index (χ3v) is 2.97. The van der Waals surface area contributed by atoms with Gasteiger partial charge in [0.25, 0.3) is 0 Å². The third kappa shape index (κ3) is 1.29. The number of ether oxygens (including phenoxy) is 1. The van der Waals surface area contributed by atoms with E-state index in [1.807, 2.05) is 12.1 Å². The molecule has 0 saturated heterocycles. The van der Waals surface area contributed by atoms with Crippen molar-refractivity contribution in [1.82, 2.24) is 0 Å². The summed E-state index contributed by atoms with van der Waals surface area (Å²) >= 11 is 0. The van der Waals surface area contributed by atoms with E-state index in [9.17, 15) is 9.18 Å². The van der Waals surface area contributed by atoms with Crippen LogP contribution in [0, 0.1) is 16.3 Å². The largest absolute Gasteiger partial charge is 0.495 e. The summed E-state index contributed by atoms with van der Waals surface area (Å²) in [6.45, 7) is 0. The molecular weight excluding hydrogens is 219 g/mol. The molecule has 2 aliphatic carbocycles. The first-order chi connectivity index (χ1) is 8.22. The van der Waals surface area contributed by atoms with Crippen LogP contribution < -0.4 is 4.74 Å². The van der Waals surface area contributed by atoms with E-state index < -0.39 is 5.82 Å². The monoisotopic (exact) mass is 228 g/mol. The van der Waals surface area contributed by atoms with Crippen LogP contribution in [0.5, 0.6) is 5.75 Å². The molecule has 0 bridgehead atoms. The zero-order valence-electron chi connectivity index (χ0n) is 9.16. The number of benzene rings is 2. The van der Waals surface area contributed by atoms with Crippen LogP contribution in [0.2, 0.25) is 0 Å². The Bertz CT molecular complexity index is 719. The molecule has 0 unspecified atom stereocenters. The molecular formula is C14H9FO2. The van der Waals surface area contributed by atoms with Crippen LogP contribution in [-0.2, 0) is 0 Å². The van der Waals surface area contributed by atoms with E-state index in [0.717, 1.165) is 10.4 Å². The van der Waals surface area contributed by atoms with Crippen molar-refractivity contribution in [2.24, 2.45) is 0 Å². The Morgan fingerprint density at radius 2 is 1.94 bits per heavy atom. The van der Waals surface area contributed by atoms with E-state index in [0.29, 0.717) is 16.9 Å². The second-order valence-corrected chi connectivity index (χ2v) is 3.91. The summed E-state index contributed by atoms with van der Waals surface area (Å²) in [5.74, 6) is 0.00862. The average molecular weight is 228 g/mol. The number of methoxy groups -OCH3 is 1. The van der Waals surface area contributed by atoms with Crippen LogP contribution in [0.25, 0.3) is 0 Å². The molecule has 2 aliphatic rings. The molecule has 0 saturated carbocycles. The maximum Gasteiger partial charge on any atom is 0.197 e. The Kier molecular flexibility index (Phi) is 2.01. The molecule has 0 atom stereocenters. The van der Waals surface area contributed by atoms with Gasteiger partial charge in [-0.05, 0) is 18.2 Å². The first-order valence-electron chi connectivity index (χ1n) is 5.24. The quantitative estimate of drug-likeness (QED) is 0.644. The van der Waals surface area contributed by atoms with Crippen LogP contribution in [0.4, 0.5) is 4.39 Å². The molecule has 0 radical (unpaired) electrons. The fraction of sp³-hybridized carbons (Fsp3) is 0.0714. The van der Waals surface area contributed by atoms with Crippen LogP contribution in [0.3, 0.4) is 0 Å². The molecule has 3 heteroatoms. The number of carbonyl (C=O) groups is 1. The van der Waals surface area contributed by atoms with Gasteiger partial charge < -0.3 is 4.74 Å². The fourth-order valence-electron chi connectivity index (χ4n) is 2.07. The second kappa shape index (κ2) is 3.42. The molecule has 1 aromatic carbocycles. The molecule has 0 heterocycles. The van der Waals surface area contributed by atoms with Gasteiger partial charge >= 0.3 is 0 Å². The Morgan fingerprint density at radius 3 is 2.53 bits per heavy atom. The topological polar surface area (TPSA) is 26.3 Å². The minimum Gasteiger partial charge on any atom is -0.495 e. The molecule has 84 valence electrons. The lowest BCUT2D eigenvalue weighted by molar-refractivity contribution is 0.103. The molecule has 0 amide bonds. The summed E-state index contributed by atoms with van der Waals surface area (Å²) in [6, 6.07) is 9.45. The number of hydrogen-bond acceptors (Lipinski definition) is 2. The molecule has 0 spiro atoms. The van der Waals surface area contributed by atoms with Crippen molar-refractivity contribution < 1.29 is 13.9 Å². The number of halogens is 1. The van der Waals surface area contributed by atoms with Crippen LogP contribution in [0.15, 0.2) is 36.4 Å². The predicted octanol–water partition coefficient (Wildman–Crippen LogP) is 2.67. The highest BCUT2D eigenvalue weighted by Gasteiger charge is 2.24. The van der Waals surface area contributed by atoms with E-state index in [1.54, 1.807) is 6.07 Å². The van der Waals surface area contributed by atoms with Crippen molar-refractivity contribution in [2.45, 2.75) is 0 Å². The average Bonchev–Trinajstić information content (AvgIpc) is 2.30. The number of carbonyl (C=O) groups excluding carboxylic acids is 1. The van der Waals surface area contributed by atoms with Gasteiger partial charge in [0.1, 0.15) is 11.6 Å². The van der Waals surface area contributed by atoms with E-state index in [-0.39, 0.29) is 5.78 Å². The summed E-state index contributed by atoms with van der Waals surface area (Å²) in [7, 11) is 1.53. The van der Waals surface area contributed by atoms with Gasteiger partial charge in [0.15, 0.2) is 5.78 Å². The molecule has 0 aliphatic heterocycles. The highest BCUT2D eigenvalue weighted by atomic mass is 19.1. The summed E-state index contributed by atoms with van der Waals surface area (Å²) in [5.41, 5.74) is 0.900. The van der Waals surface area contributed by atoms with Crippen LogP contribution in [-0.4, -0.2) is 12.9 Å². The van der Waals surface area contributed by atoms with Crippen molar-refractivity contribution >= 4 is 5.78 Å². The van der Waals surface area contributed by atoms with E-state index in [4.69, 9.17) is 4.74 Å². The van der Waals surface area contributed by atoms with Gasteiger partial charge in [-0.15, -0.1) is 0 Å². The van der Waals surface area contributed by atoms with E-state index in [2.05, 4.69) is 0 Å². The number of hydrogen-bond donors (Lipinski definition) is 0. The molecule has 17 heavy (non-hydrogen) atoms. The van der Waals surface area contributed by atoms with Crippen LogP contribution in [0.1, 0.15) is 15.9 Å². The lowest BCUT2D eigenvalue weighted by atomic mass is 9.91. The molecule has 1 aromatic rings. The number of ketones is 1. The maximum atomic E-state index is 13.1. The molecule has 0 fully saturated rings. The normalized spacial score (nSPS) is 11.2. The Balaban J connectivity index is 2.07. The van der Waals surface area contributed by atoms with Gasteiger partial charge in [0, 0.05) is 16.0 Å². The molecule has 3 rings (SSSR count). The smallest absolute Gasteiger partial charge is 0.197 e. The zero-order chi connectivity index (χ0) is 12.0. The van der Waals surface area contributed by atoms with E-state index in [1.165, 1.54) is 25.3 Å². The Hall–Kier alpha value is -2.16. The summed E-state index contributed by atoms with van der Waals surface area (Å²) in [5, 5.41) is 1.89. The first kappa shape index (κ1) is 10.0. The summed E-state index contributed by atoms with van der Waals surface area (Å²) < 4.78 is 18.2. The standard InChI is InChI=1S/C14H9FO2/c1-17-14-11-6-5-10(11)12(14)13(16)8-3-2-4-9(15)7-8/h2-7H,1H3. The van der Waals surface area contributed by atoms with Crippen molar-refractivity contribution in [3.05, 3.63) is 63.8 Å². The Labute approximate surface area is 97.0 Å². The van der Waals surface area contributed by atoms with Gasteiger partial charge in [0.05, 0.1) is 12.7 Å². The Morgan fingerprint density at radius 1 is 1.18 bits per heavy atom. The highest BCUT2D eigenvalue weighted by Crippen LogP contribution is 2.33. The summed E-state index contributed by atoms with van der Waals surface area (Å²) in [6.07, 6.45) is 0. The SMILES string of the molecule is COc1c(C(=O)c2cccc(F)c2)c2ccc1=2. The van der Waals surface area contributed by atoms with Crippen molar-refractivity contribution in [3.63, 3.8) is 0 Å². The van der Waals surface area contributed by atoms with E-state index >= 15 is 0 Å². The summed E-state index contributed by atoms with van der Waals surface area (Å²) in [4.78, 5) is 12.2. The fourth-order valence-corrected chi connectivity index (χ4v) is 2.07. The minimum absolute atomic E-state index is 0.190. The molecule has 2 nitrogen and oxygen atoms in total.